The topological polar surface area (TPSA) is 68.8 Å². The van der Waals surface area contributed by atoms with Crippen molar-refractivity contribution < 1.29 is 14.6 Å². The Labute approximate surface area is 167 Å². The number of hydrogen-bond donors (Lipinski definition) is 2. The van der Waals surface area contributed by atoms with Crippen molar-refractivity contribution in [2.45, 2.75) is 31.7 Å². The standard InChI is InChI=1S/C21H20ClN3O3/c1-11-19-16(15-9-14(28-2)7-8-17(15)23-19)10-18-20(26)25(21(27)24(11)18)13-5-3-12(22)4-6-13/h3-9,11,18,20,23,26H,10H2,1-2H3. The van der Waals surface area contributed by atoms with E-state index in [1.54, 1.807) is 36.3 Å². The van der Waals surface area contributed by atoms with E-state index in [2.05, 4.69) is 4.98 Å². The molecule has 0 bridgehead atoms. The van der Waals surface area contributed by atoms with E-state index in [4.69, 9.17) is 16.3 Å². The minimum absolute atomic E-state index is 0.174. The lowest BCUT2D eigenvalue weighted by molar-refractivity contribution is 0.0936. The molecule has 2 aromatic carbocycles. The largest absolute Gasteiger partial charge is 0.497 e. The van der Waals surface area contributed by atoms with Crippen molar-refractivity contribution in [2.24, 2.45) is 0 Å². The van der Waals surface area contributed by atoms with Gasteiger partial charge < -0.3 is 19.7 Å². The number of amides is 2. The molecule has 5 rings (SSSR count). The first-order valence-electron chi connectivity index (χ1n) is 9.23. The SMILES string of the molecule is COc1ccc2[nH]c3c(c2c1)CC1C(O)N(c2ccc(Cl)cc2)C(=O)N1C3C. The van der Waals surface area contributed by atoms with E-state index in [0.717, 1.165) is 27.9 Å². The molecule has 7 heteroatoms. The summed E-state index contributed by atoms with van der Waals surface area (Å²) in [5.41, 5.74) is 3.79. The average molecular weight is 398 g/mol. The zero-order chi connectivity index (χ0) is 19.6. The van der Waals surface area contributed by atoms with Crippen molar-refractivity contribution in [3.8, 4) is 5.75 Å². The smallest absolute Gasteiger partial charge is 0.327 e. The number of methoxy groups -OCH3 is 1. The Morgan fingerprint density at radius 1 is 1.21 bits per heavy atom. The number of anilines is 1. The predicted octanol–water partition coefficient (Wildman–Crippen LogP) is 4.08. The molecule has 2 N–H and O–H groups in total. The summed E-state index contributed by atoms with van der Waals surface area (Å²) in [6.45, 7) is 1.99. The van der Waals surface area contributed by atoms with Gasteiger partial charge in [-0.2, -0.15) is 0 Å². The fraction of sp³-hybridized carbons (Fsp3) is 0.286. The van der Waals surface area contributed by atoms with E-state index in [-0.39, 0.29) is 18.1 Å². The Morgan fingerprint density at radius 2 is 1.96 bits per heavy atom. The molecule has 1 fully saturated rings. The van der Waals surface area contributed by atoms with E-state index in [0.29, 0.717) is 17.1 Å². The minimum atomic E-state index is -0.931. The third-order valence-electron chi connectivity index (χ3n) is 5.89. The highest BCUT2D eigenvalue weighted by atomic mass is 35.5. The van der Waals surface area contributed by atoms with Crippen molar-refractivity contribution in [2.75, 3.05) is 12.0 Å². The van der Waals surface area contributed by atoms with Crippen LogP contribution in [0.1, 0.15) is 24.2 Å². The van der Waals surface area contributed by atoms with E-state index in [1.165, 1.54) is 4.90 Å². The van der Waals surface area contributed by atoms with Crippen molar-refractivity contribution in [1.29, 1.82) is 0 Å². The number of aromatic nitrogens is 1. The number of aliphatic hydroxyl groups excluding tert-OH is 1. The van der Waals surface area contributed by atoms with Crippen LogP contribution in [0.15, 0.2) is 42.5 Å². The molecule has 2 aliphatic rings. The minimum Gasteiger partial charge on any atom is -0.497 e. The van der Waals surface area contributed by atoms with Crippen molar-refractivity contribution in [1.82, 2.24) is 9.88 Å². The molecule has 3 heterocycles. The number of nitrogens with one attached hydrogen (secondary N) is 1. The summed E-state index contributed by atoms with van der Waals surface area (Å²) < 4.78 is 5.37. The molecular formula is C21H20ClN3O3. The maximum atomic E-state index is 13.2. The summed E-state index contributed by atoms with van der Waals surface area (Å²) in [6, 6.07) is 12.2. The first-order chi connectivity index (χ1) is 13.5. The molecular weight excluding hydrogens is 378 g/mol. The lowest BCUT2D eigenvalue weighted by atomic mass is 9.93. The summed E-state index contributed by atoms with van der Waals surface area (Å²) in [7, 11) is 1.65. The van der Waals surface area contributed by atoms with Gasteiger partial charge in [0.05, 0.1) is 19.2 Å². The Hall–Kier alpha value is -2.70. The van der Waals surface area contributed by atoms with Crippen LogP contribution in [-0.4, -0.2) is 40.4 Å². The van der Waals surface area contributed by atoms with Gasteiger partial charge in [-0.1, -0.05) is 11.6 Å². The lowest BCUT2D eigenvalue weighted by Crippen LogP contribution is -2.43. The summed E-state index contributed by atoms with van der Waals surface area (Å²) in [4.78, 5) is 19.9. The molecule has 0 radical (unpaired) electrons. The van der Waals surface area contributed by atoms with Gasteiger partial charge in [-0.3, -0.25) is 4.90 Å². The van der Waals surface area contributed by atoms with Crippen LogP contribution >= 0.6 is 11.6 Å². The fourth-order valence-corrected chi connectivity index (χ4v) is 4.64. The van der Waals surface area contributed by atoms with Gasteiger partial charge in [0, 0.05) is 27.3 Å². The van der Waals surface area contributed by atoms with Crippen LogP contribution < -0.4 is 9.64 Å². The van der Waals surface area contributed by atoms with Crippen LogP contribution in [0.3, 0.4) is 0 Å². The van der Waals surface area contributed by atoms with Gasteiger partial charge in [0.1, 0.15) is 5.75 Å². The van der Waals surface area contributed by atoms with Gasteiger partial charge in [0.25, 0.3) is 0 Å². The molecule has 1 aromatic heterocycles. The quantitative estimate of drug-likeness (QED) is 0.684. The second kappa shape index (κ2) is 6.15. The van der Waals surface area contributed by atoms with Crippen molar-refractivity contribution in [3.63, 3.8) is 0 Å². The number of fused-ring (bicyclic) bond motifs is 4. The highest BCUT2D eigenvalue weighted by Gasteiger charge is 2.51. The van der Waals surface area contributed by atoms with Gasteiger partial charge in [-0.05, 0) is 61.4 Å². The van der Waals surface area contributed by atoms with E-state index >= 15 is 0 Å². The van der Waals surface area contributed by atoms with Gasteiger partial charge >= 0.3 is 6.03 Å². The molecule has 0 spiro atoms. The Balaban J connectivity index is 1.58. The monoisotopic (exact) mass is 397 g/mol. The van der Waals surface area contributed by atoms with Crippen LogP contribution in [0.25, 0.3) is 10.9 Å². The lowest BCUT2D eigenvalue weighted by Gasteiger charge is -2.35. The number of carbonyl (C=O) groups is 1. The molecule has 2 amide bonds. The van der Waals surface area contributed by atoms with Gasteiger partial charge in [0.2, 0.25) is 0 Å². The highest BCUT2D eigenvalue weighted by molar-refractivity contribution is 6.30. The molecule has 0 aliphatic carbocycles. The number of hydrogen-bond acceptors (Lipinski definition) is 3. The Morgan fingerprint density at radius 3 is 2.68 bits per heavy atom. The summed E-state index contributed by atoms with van der Waals surface area (Å²) >= 11 is 5.97. The number of carbonyl (C=O) groups excluding carboxylic acids is 1. The van der Waals surface area contributed by atoms with Crippen LogP contribution in [0, 0.1) is 0 Å². The zero-order valence-corrected chi connectivity index (χ0v) is 16.3. The van der Waals surface area contributed by atoms with Crippen LogP contribution in [0.5, 0.6) is 5.75 Å². The van der Waals surface area contributed by atoms with E-state index in [9.17, 15) is 9.90 Å². The molecule has 2 aliphatic heterocycles. The Kier molecular flexibility index (Phi) is 3.82. The van der Waals surface area contributed by atoms with E-state index in [1.807, 2.05) is 25.1 Å². The highest BCUT2D eigenvalue weighted by Crippen LogP contribution is 2.43. The van der Waals surface area contributed by atoms with Gasteiger partial charge in [0.15, 0.2) is 6.23 Å². The molecule has 144 valence electrons. The number of aliphatic hydroxyl groups is 1. The Bertz CT molecular complexity index is 1080. The summed E-state index contributed by atoms with van der Waals surface area (Å²) in [6.07, 6.45) is -0.357. The molecule has 3 atom stereocenters. The molecule has 6 nitrogen and oxygen atoms in total. The van der Waals surface area contributed by atoms with Crippen LogP contribution in [-0.2, 0) is 6.42 Å². The number of halogens is 1. The number of aromatic amines is 1. The number of H-pyrrole nitrogens is 1. The fourth-order valence-electron chi connectivity index (χ4n) is 4.52. The van der Waals surface area contributed by atoms with Gasteiger partial charge in [-0.25, -0.2) is 4.79 Å². The number of nitrogens with zero attached hydrogens (tertiary/aromatic N) is 2. The van der Waals surface area contributed by atoms with Crippen molar-refractivity contribution >= 4 is 34.2 Å². The predicted molar refractivity (Wildman–Crippen MR) is 108 cm³/mol. The molecule has 0 saturated carbocycles. The molecule has 28 heavy (non-hydrogen) atoms. The van der Waals surface area contributed by atoms with Crippen LogP contribution in [0.2, 0.25) is 5.02 Å². The number of urea groups is 1. The first-order valence-corrected chi connectivity index (χ1v) is 9.61. The van der Waals surface area contributed by atoms with Crippen LogP contribution in [0.4, 0.5) is 10.5 Å². The number of rotatable bonds is 2. The molecule has 3 unspecified atom stereocenters. The third kappa shape index (κ3) is 2.34. The maximum absolute atomic E-state index is 13.2. The molecule has 1 saturated heterocycles. The first kappa shape index (κ1) is 17.4. The molecule has 3 aromatic rings. The maximum Gasteiger partial charge on any atom is 0.327 e. The summed E-state index contributed by atoms with van der Waals surface area (Å²) in [5.74, 6) is 0.787. The number of ether oxygens (including phenoxy) is 1. The van der Waals surface area contributed by atoms with Gasteiger partial charge in [-0.15, -0.1) is 0 Å². The second-order valence-corrected chi connectivity index (χ2v) is 7.76. The van der Waals surface area contributed by atoms with Crippen molar-refractivity contribution in [3.05, 3.63) is 58.7 Å². The third-order valence-corrected chi connectivity index (χ3v) is 6.14. The normalized spacial score (nSPS) is 23.9. The average Bonchev–Trinajstić information content (AvgIpc) is 3.18. The summed E-state index contributed by atoms with van der Waals surface area (Å²) in [5, 5.41) is 12.7. The second-order valence-electron chi connectivity index (χ2n) is 7.33. The number of benzene rings is 2. The zero-order valence-electron chi connectivity index (χ0n) is 15.5. The van der Waals surface area contributed by atoms with E-state index < -0.39 is 6.23 Å².